The largest absolute Gasteiger partial charge is 0.381 e. The summed E-state index contributed by atoms with van der Waals surface area (Å²) < 4.78 is 17.0. The van der Waals surface area contributed by atoms with Crippen molar-refractivity contribution < 1.29 is 9.13 Å². The van der Waals surface area contributed by atoms with Gasteiger partial charge in [-0.1, -0.05) is 0 Å². The van der Waals surface area contributed by atoms with Gasteiger partial charge in [-0.15, -0.1) is 0 Å². The van der Waals surface area contributed by atoms with Crippen LogP contribution in [-0.4, -0.2) is 32.5 Å². The van der Waals surface area contributed by atoms with Crippen LogP contribution < -0.4 is 5.32 Å². The van der Waals surface area contributed by atoms with Crippen LogP contribution in [0, 0.1) is 5.92 Å². The lowest BCUT2D eigenvalue weighted by Gasteiger charge is -2.18. The molecule has 0 aliphatic carbocycles. The summed E-state index contributed by atoms with van der Waals surface area (Å²) in [7, 11) is 0. The lowest BCUT2D eigenvalue weighted by molar-refractivity contribution is 0.178. The van der Waals surface area contributed by atoms with Gasteiger partial charge < -0.3 is 10.1 Å². The Morgan fingerprint density at radius 2 is 2.50 bits per heavy atom. The van der Waals surface area contributed by atoms with Crippen molar-refractivity contribution in [3.63, 3.8) is 0 Å². The molecular formula is C9H18FNO. The summed E-state index contributed by atoms with van der Waals surface area (Å²) in [6, 6.07) is 0.471. The molecule has 1 aliphatic heterocycles. The van der Waals surface area contributed by atoms with E-state index in [0.29, 0.717) is 18.4 Å². The van der Waals surface area contributed by atoms with Gasteiger partial charge in [-0.25, -0.2) is 0 Å². The highest BCUT2D eigenvalue weighted by molar-refractivity contribution is 4.75. The van der Waals surface area contributed by atoms with Gasteiger partial charge in [0.05, 0.1) is 13.3 Å². The molecule has 0 spiro atoms. The molecule has 1 saturated heterocycles. The molecule has 0 aromatic heterocycles. The fourth-order valence-corrected chi connectivity index (χ4v) is 1.51. The van der Waals surface area contributed by atoms with Gasteiger partial charge in [0.1, 0.15) is 0 Å². The summed E-state index contributed by atoms with van der Waals surface area (Å²) in [6.07, 6.45) is 1.77. The van der Waals surface area contributed by atoms with E-state index in [1.807, 2.05) is 0 Å². The maximum absolute atomic E-state index is 11.8. The van der Waals surface area contributed by atoms with E-state index in [1.165, 1.54) is 0 Å². The van der Waals surface area contributed by atoms with E-state index in [2.05, 4.69) is 12.2 Å². The molecule has 72 valence electrons. The van der Waals surface area contributed by atoms with Crippen molar-refractivity contribution in [3.05, 3.63) is 0 Å². The molecule has 0 bridgehead atoms. The molecule has 2 unspecified atom stereocenters. The number of nitrogens with one attached hydrogen (secondary N) is 1. The Labute approximate surface area is 73.5 Å². The normalized spacial score (nSPS) is 26.0. The van der Waals surface area contributed by atoms with Crippen molar-refractivity contribution in [2.24, 2.45) is 5.92 Å². The zero-order valence-electron chi connectivity index (χ0n) is 7.68. The predicted molar refractivity (Wildman–Crippen MR) is 47.0 cm³/mol. The molecule has 1 heterocycles. The minimum Gasteiger partial charge on any atom is -0.381 e. The highest BCUT2D eigenvalue weighted by Gasteiger charge is 2.21. The predicted octanol–water partition coefficient (Wildman–Crippen LogP) is 1.36. The summed E-state index contributed by atoms with van der Waals surface area (Å²) in [4.78, 5) is 0. The van der Waals surface area contributed by atoms with Crippen molar-refractivity contribution in [2.45, 2.75) is 25.8 Å². The summed E-state index contributed by atoms with van der Waals surface area (Å²) in [5.74, 6) is 0.629. The number of halogens is 1. The van der Waals surface area contributed by atoms with Crippen LogP contribution in [0.4, 0.5) is 4.39 Å². The van der Waals surface area contributed by atoms with Gasteiger partial charge in [0.25, 0.3) is 0 Å². The lowest BCUT2D eigenvalue weighted by atomic mass is 10.0. The SMILES string of the molecule is CC(NCCCF)C1CCOC1. The summed E-state index contributed by atoms with van der Waals surface area (Å²) >= 11 is 0. The molecule has 0 aromatic carbocycles. The number of ether oxygens (including phenoxy) is 1. The van der Waals surface area contributed by atoms with Gasteiger partial charge >= 0.3 is 0 Å². The Bertz CT molecular complexity index is 115. The molecular weight excluding hydrogens is 157 g/mol. The molecule has 2 nitrogen and oxygen atoms in total. The second-order valence-electron chi connectivity index (χ2n) is 3.41. The first-order chi connectivity index (χ1) is 5.84. The molecule has 0 amide bonds. The first-order valence-corrected chi connectivity index (χ1v) is 4.71. The van der Waals surface area contributed by atoms with Crippen LogP contribution in [0.5, 0.6) is 0 Å². The van der Waals surface area contributed by atoms with E-state index in [9.17, 15) is 4.39 Å². The van der Waals surface area contributed by atoms with Crippen LogP contribution in [-0.2, 0) is 4.74 Å². The van der Waals surface area contributed by atoms with Crippen LogP contribution >= 0.6 is 0 Å². The standard InChI is InChI=1S/C9H18FNO/c1-8(11-5-2-4-10)9-3-6-12-7-9/h8-9,11H,2-7H2,1H3. The number of alkyl halides is 1. The third-order valence-corrected chi connectivity index (χ3v) is 2.45. The Morgan fingerprint density at radius 3 is 3.08 bits per heavy atom. The minimum absolute atomic E-state index is 0.221. The Kier molecular flexibility index (Phi) is 4.54. The van der Waals surface area contributed by atoms with E-state index >= 15 is 0 Å². The quantitative estimate of drug-likeness (QED) is 0.637. The van der Waals surface area contributed by atoms with Gasteiger partial charge in [-0.3, -0.25) is 4.39 Å². The Balaban J connectivity index is 2.05. The maximum Gasteiger partial charge on any atom is 0.0906 e. The van der Waals surface area contributed by atoms with E-state index in [4.69, 9.17) is 4.74 Å². The molecule has 0 aromatic rings. The van der Waals surface area contributed by atoms with Crippen LogP contribution in [0.1, 0.15) is 19.8 Å². The van der Waals surface area contributed by atoms with Crippen molar-refractivity contribution in [3.8, 4) is 0 Å². The second kappa shape index (κ2) is 5.49. The van der Waals surface area contributed by atoms with E-state index < -0.39 is 0 Å². The van der Waals surface area contributed by atoms with E-state index in [-0.39, 0.29) is 6.67 Å². The van der Waals surface area contributed by atoms with Crippen LogP contribution in [0.3, 0.4) is 0 Å². The zero-order valence-corrected chi connectivity index (χ0v) is 7.68. The van der Waals surface area contributed by atoms with Crippen molar-refractivity contribution in [1.29, 1.82) is 0 Å². The highest BCUT2D eigenvalue weighted by atomic mass is 19.1. The topological polar surface area (TPSA) is 21.3 Å². The van der Waals surface area contributed by atoms with E-state index in [0.717, 1.165) is 26.2 Å². The van der Waals surface area contributed by atoms with Crippen LogP contribution in [0.25, 0.3) is 0 Å². The van der Waals surface area contributed by atoms with Crippen molar-refractivity contribution in [2.75, 3.05) is 26.4 Å². The van der Waals surface area contributed by atoms with Gasteiger partial charge in [-0.05, 0) is 32.2 Å². The number of hydrogen-bond acceptors (Lipinski definition) is 2. The number of hydrogen-bond donors (Lipinski definition) is 1. The molecule has 1 N–H and O–H groups in total. The fraction of sp³-hybridized carbons (Fsp3) is 1.00. The second-order valence-corrected chi connectivity index (χ2v) is 3.41. The third-order valence-electron chi connectivity index (χ3n) is 2.45. The minimum atomic E-state index is -0.221. The Hall–Kier alpha value is -0.150. The monoisotopic (exact) mass is 175 g/mol. The zero-order chi connectivity index (χ0) is 8.81. The third kappa shape index (κ3) is 3.07. The van der Waals surface area contributed by atoms with Crippen LogP contribution in [0.15, 0.2) is 0 Å². The molecule has 0 radical (unpaired) electrons. The molecule has 1 aliphatic rings. The molecule has 0 saturated carbocycles. The van der Waals surface area contributed by atoms with Gasteiger partial charge in [0.2, 0.25) is 0 Å². The molecule has 12 heavy (non-hydrogen) atoms. The van der Waals surface area contributed by atoms with Crippen molar-refractivity contribution in [1.82, 2.24) is 5.32 Å². The molecule has 1 rings (SSSR count). The smallest absolute Gasteiger partial charge is 0.0906 e. The summed E-state index contributed by atoms with van der Waals surface area (Å²) in [6.45, 7) is 4.47. The average molecular weight is 175 g/mol. The lowest BCUT2D eigenvalue weighted by Crippen LogP contribution is -2.34. The molecule has 3 heteroatoms. The van der Waals surface area contributed by atoms with Gasteiger partial charge in [0.15, 0.2) is 0 Å². The van der Waals surface area contributed by atoms with Crippen LogP contribution in [0.2, 0.25) is 0 Å². The number of rotatable bonds is 5. The average Bonchev–Trinajstić information content (AvgIpc) is 2.56. The van der Waals surface area contributed by atoms with Gasteiger partial charge in [0, 0.05) is 12.6 Å². The fourth-order valence-electron chi connectivity index (χ4n) is 1.51. The first-order valence-electron chi connectivity index (χ1n) is 4.71. The molecule has 2 atom stereocenters. The Morgan fingerprint density at radius 1 is 1.67 bits per heavy atom. The summed E-state index contributed by atoms with van der Waals surface area (Å²) in [5.41, 5.74) is 0. The summed E-state index contributed by atoms with van der Waals surface area (Å²) in [5, 5.41) is 3.31. The van der Waals surface area contributed by atoms with E-state index in [1.54, 1.807) is 0 Å². The highest BCUT2D eigenvalue weighted by Crippen LogP contribution is 2.15. The van der Waals surface area contributed by atoms with Crippen molar-refractivity contribution >= 4 is 0 Å². The maximum atomic E-state index is 11.8. The molecule has 1 fully saturated rings. The first kappa shape index (κ1) is 9.93. The van der Waals surface area contributed by atoms with Gasteiger partial charge in [-0.2, -0.15) is 0 Å².